The maximum absolute atomic E-state index is 11.3. The summed E-state index contributed by atoms with van der Waals surface area (Å²) in [5, 5.41) is 0. The second-order valence-corrected chi connectivity index (χ2v) is 4.15. The molecule has 1 rings (SSSR count). The van der Waals surface area contributed by atoms with Crippen LogP contribution in [-0.4, -0.2) is 18.5 Å². The maximum atomic E-state index is 11.3. The van der Waals surface area contributed by atoms with Crippen LogP contribution in [0.15, 0.2) is 0 Å². The highest BCUT2D eigenvalue weighted by molar-refractivity contribution is 5.80. The van der Waals surface area contributed by atoms with Gasteiger partial charge in [0, 0.05) is 18.9 Å². The van der Waals surface area contributed by atoms with Gasteiger partial charge in [0.25, 0.3) is 0 Å². The van der Waals surface area contributed by atoms with Crippen LogP contribution in [0.2, 0.25) is 0 Å². The molecular weight excluding hydrogens is 164 g/mol. The van der Waals surface area contributed by atoms with Crippen molar-refractivity contribution in [1.29, 1.82) is 0 Å². The van der Waals surface area contributed by atoms with E-state index in [1.54, 1.807) is 0 Å². The summed E-state index contributed by atoms with van der Waals surface area (Å²) in [4.78, 5) is 11.3. The van der Waals surface area contributed by atoms with E-state index >= 15 is 0 Å². The lowest BCUT2D eigenvalue weighted by Crippen LogP contribution is -2.09. The van der Waals surface area contributed by atoms with Gasteiger partial charge in [-0.05, 0) is 25.7 Å². The lowest BCUT2D eigenvalue weighted by Gasteiger charge is -2.08. The Morgan fingerprint density at radius 1 is 1.54 bits per heavy atom. The average molecular weight is 184 g/mol. The smallest absolute Gasteiger partial charge is 0.135 e. The van der Waals surface area contributed by atoms with Crippen LogP contribution < -0.4 is 0 Å². The van der Waals surface area contributed by atoms with Crippen LogP contribution in [0.4, 0.5) is 0 Å². The normalized spacial score (nSPS) is 22.5. The monoisotopic (exact) mass is 184 g/mol. The zero-order chi connectivity index (χ0) is 9.68. The molecule has 0 bridgehead atoms. The van der Waals surface area contributed by atoms with Gasteiger partial charge in [0.1, 0.15) is 5.78 Å². The van der Waals surface area contributed by atoms with Crippen molar-refractivity contribution in [3.8, 4) is 0 Å². The summed E-state index contributed by atoms with van der Waals surface area (Å²) in [5.41, 5.74) is 0. The first-order valence-corrected chi connectivity index (χ1v) is 5.34. The van der Waals surface area contributed by atoms with Gasteiger partial charge in [0.05, 0.1) is 6.10 Å². The van der Waals surface area contributed by atoms with Gasteiger partial charge in [-0.1, -0.05) is 13.8 Å². The maximum Gasteiger partial charge on any atom is 0.135 e. The Bertz CT molecular complexity index is 157. The Hall–Kier alpha value is -0.370. The number of ether oxygens (including phenoxy) is 1. The third-order valence-electron chi connectivity index (χ3n) is 2.62. The molecule has 2 heteroatoms. The zero-order valence-electron chi connectivity index (χ0n) is 8.71. The summed E-state index contributed by atoms with van der Waals surface area (Å²) in [6.07, 6.45) is 5.64. The predicted molar refractivity (Wildman–Crippen MR) is 52.7 cm³/mol. The second-order valence-electron chi connectivity index (χ2n) is 4.15. The second kappa shape index (κ2) is 5.38. The molecule has 2 nitrogen and oxygen atoms in total. The molecule has 0 spiro atoms. The van der Waals surface area contributed by atoms with Crippen LogP contribution in [0.5, 0.6) is 0 Å². The van der Waals surface area contributed by atoms with Crippen molar-refractivity contribution < 1.29 is 9.53 Å². The standard InChI is InChI=1S/C11H20O2/c1-9(2)11(12)7-3-5-10-6-4-8-13-10/h9-10H,3-8H2,1-2H3. The van der Waals surface area contributed by atoms with Gasteiger partial charge in [0.15, 0.2) is 0 Å². The molecule has 76 valence electrons. The van der Waals surface area contributed by atoms with Crippen LogP contribution >= 0.6 is 0 Å². The number of hydrogen-bond acceptors (Lipinski definition) is 2. The van der Waals surface area contributed by atoms with E-state index in [0.717, 1.165) is 25.9 Å². The molecule has 1 aliphatic rings. The van der Waals surface area contributed by atoms with E-state index in [4.69, 9.17) is 4.74 Å². The summed E-state index contributed by atoms with van der Waals surface area (Å²) in [6, 6.07) is 0. The van der Waals surface area contributed by atoms with Crippen molar-refractivity contribution in [2.24, 2.45) is 5.92 Å². The molecule has 1 heterocycles. The number of carbonyl (C=O) groups excluding carboxylic acids is 1. The fourth-order valence-corrected chi connectivity index (χ4v) is 1.66. The molecule has 1 saturated heterocycles. The summed E-state index contributed by atoms with van der Waals surface area (Å²) in [6.45, 7) is 4.85. The van der Waals surface area contributed by atoms with Crippen LogP contribution in [0, 0.1) is 5.92 Å². The van der Waals surface area contributed by atoms with Crippen LogP contribution in [0.3, 0.4) is 0 Å². The van der Waals surface area contributed by atoms with Crippen LogP contribution in [0.1, 0.15) is 46.0 Å². The minimum Gasteiger partial charge on any atom is -0.378 e. The summed E-state index contributed by atoms with van der Waals surface area (Å²) < 4.78 is 5.48. The van der Waals surface area contributed by atoms with Crippen molar-refractivity contribution in [3.05, 3.63) is 0 Å². The fourth-order valence-electron chi connectivity index (χ4n) is 1.66. The van der Waals surface area contributed by atoms with Gasteiger partial charge in [0.2, 0.25) is 0 Å². The Morgan fingerprint density at radius 2 is 2.31 bits per heavy atom. The van der Waals surface area contributed by atoms with E-state index in [2.05, 4.69) is 0 Å². The van der Waals surface area contributed by atoms with E-state index in [0.29, 0.717) is 11.9 Å². The van der Waals surface area contributed by atoms with Gasteiger partial charge in [-0.2, -0.15) is 0 Å². The Labute approximate surface area is 80.7 Å². The molecule has 1 fully saturated rings. The molecule has 1 atom stereocenters. The van der Waals surface area contributed by atoms with E-state index in [-0.39, 0.29) is 5.92 Å². The molecule has 0 aromatic heterocycles. The number of hydrogen-bond donors (Lipinski definition) is 0. The lowest BCUT2D eigenvalue weighted by molar-refractivity contribution is -0.122. The fraction of sp³-hybridized carbons (Fsp3) is 0.909. The third-order valence-corrected chi connectivity index (χ3v) is 2.62. The number of carbonyl (C=O) groups is 1. The summed E-state index contributed by atoms with van der Waals surface area (Å²) >= 11 is 0. The molecule has 0 saturated carbocycles. The van der Waals surface area contributed by atoms with Crippen molar-refractivity contribution in [3.63, 3.8) is 0 Å². The summed E-state index contributed by atoms with van der Waals surface area (Å²) in [7, 11) is 0. The highest BCUT2D eigenvalue weighted by atomic mass is 16.5. The summed E-state index contributed by atoms with van der Waals surface area (Å²) in [5.74, 6) is 0.586. The van der Waals surface area contributed by atoms with Crippen molar-refractivity contribution in [2.45, 2.75) is 52.1 Å². The minimum absolute atomic E-state index is 0.199. The minimum atomic E-state index is 0.199. The van der Waals surface area contributed by atoms with Gasteiger partial charge >= 0.3 is 0 Å². The van der Waals surface area contributed by atoms with E-state index in [1.165, 1.54) is 12.8 Å². The first-order chi connectivity index (χ1) is 6.20. The van der Waals surface area contributed by atoms with E-state index in [9.17, 15) is 4.79 Å². The molecular formula is C11H20O2. The molecule has 0 aromatic carbocycles. The van der Waals surface area contributed by atoms with Gasteiger partial charge in [-0.15, -0.1) is 0 Å². The number of rotatable bonds is 5. The Morgan fingerprint density at radius 3 is 2.85 bits per heavy atom. The van der Waals surface area contributed by atoms with Crippen molar-refractivity contribution in [2.75, 3.05) is 6.61 Å². The molecule has 0 aromatic rings. The SMILES string of the molecule is CC(C)C(=O)CCCC1CCCO1. The predicted octanol–water partition coefficient (Wildman–Crippen LogP) is 2.56. The van der Waals surface area contributed by atoms with Gasteiger partial charge < -0.3 is 4.74 Å². The Kier molecular flexibility index (Phi) is 4.43. The first-order valence-electron chi connectivity index (χ1n) is 5.34. The quantitative estimate of drug-likeness (QED) is 0.656. The van der Waals surface area contributed by atoms with Crippen molar-refractivity contribution >= 4 is 5.78 Å². The molecule has 13 heavy (non-hydrogen) atoms. The molecule has 0 radical (unpaired) electrons. The molecule has 0 amide bonds. The van der Waals surface area contributed by atoms with Gasteiger partial charge in [-0.25, -0.2) is 0 Å². The highest BCUT2D eigenvalue weighted by Crippen LogP contribution is 2.18. The van der Waals surface area contributed by atoms with Crippen molar-refractivity contribution in [1.82, 2.24) is 0 Å². The molecule has 1 aliphatic heterocycles. The molecule has 1 unspecified atom stereocenters. The number of Topliss-reactive ketones (excluding diaryl/α,β-unsaturated/α-hetero) is 1. The molecule has 0 aliphatic carbocycles. The lowest BCUT2D eigenvalue weighted by atomic mass is 10.0. The van der Waals surface area contributed by atoms with E-state index < -0.39 is 0 Å². The van der Waals surface area contributed by atoms with Crippen LogP contribution in [-0.2, 0) is 9.53 Å². The zero-order valence-corrected chi connectivity index (χ0v) is 8.71. The number of ketones is 1. The largest absolute Gasteiger partial charge is 0.378 e. The topological polar surface area (TPSA) is 26.3 Å². The average Bonchev–Trinajstić information content (AvgIpc) is 2.56. The first kappa shape index (κ1) is 10.7. The Balaban J connectivity index is 2.03. The highest BCUT2D eigenvalue weighted by Gasteiger charge is 2.15. The van der Waals surface area contributed by atoms with Gasteiger partial charge in [-0.3, -0.25) is 4.79 Å². The molecule has 0 N–H and O–H groups in total. The van der Waals surface area contributed by atoms with E-state index in [1.807, 2.05) is 13.8 Å². The third kappa shape index (κ3) is 3.90. The van der Waals surface area contributed by atoms with Crippen LogP contribution in [0.25, 0.3) is 0 Å².